The average Bonchev–Trinajstić information content (AvgIpc) is 2.45. The zero-order chi connectivity index (χ0) is 7.84. The van der Waals surface area contributed by atoms with Crippen LogP contribution in [0.4, 0.5) is 0 Å². The van der Waals surface area contributed by atoms with Gasteiger partial charge in [-0.3, -0.25) is 15.1 Å². The molecule has 0 saturated carbocycles. The van der Waals surface area contributed by atoms with E-state index in [-0.39, 0.29) is 18.1 Å². The molecule has 0 aromatic heterocycles. The zero-order valence-electron chi connectivity index (χ0n) is 6.21. The molecule has 4 N–H and O–H groups in total. The predicted molar refractivity (Wildman–Crippen MR) is 39.2 cm³/mol. The first-order chi connectivity index (χ1) is 5.29. The Morgan fingerprint density at radius 2 is 2.45 bits per heavy atom. The van der Waals surface area contributed by atoms with E-state index in [1.807, 2.05) is 0 Å². The second kappa shape index (κ2) is 2.44. The van der Waals surface area contributed by atoms with Gasteiger partial charge in [0.2, 0.25) is 0 Å². The van der Waals surface area contributed by atoms with Gasteiger partial charge < -0.3 is 5.73 Å². The van der Waals surface area contributed by atoms with Gasteiger partial charge in [0, 0.05) is 13.1 Å². The highest BCUT2D eigenvalue weighted by atomic mass is 16.2. The van der Waals surface area contributed by atoms with Gasteiger partial charge in [0.15, 0.2) is 0 Å². The molecule has 11 heavy (non-hydrogen) atoms. The smallest absolute Gasteiger partial charge is 0.256 e. The molecule has 0 aromatic rings. The molecule has 0 bridgehead atoms. The van der Waals surface area contributed by atoms with Crippen LogP contribution in [0.25, 0.3) is 0 Å². The highest BCUT2D eigenvalue weighted by molar-refractivity contribution is 5.82. The van der Waals surface area contributed by atoms with Crippen molar-refractivity contribution in [3.63, 3.8) is 0 Å². The maximum absolute atomic E-state index is 11.3. The lowest BCUT2D eigenvalue weighted by Gasteiger charge is -2.32. The molecule has 5 heteroatoms. The number of nitrogens with zero attached hydrogens (tertiary/aromatic N) is 1. The van der Waals surface area contributed by atoms with Crippen LogP contribution in [-0.4, -0.2) is 36.2 Å². The predicted octanol–water partition coefficient (Wildman–Crippen LogP) is -2.02. The van der Waals surface area contributed by atoms with E-state index < -0.39 is 0 Å². The standard InChI is InChI=1S/C6H12N4O/c7-4-3-8-5-1-2-9-10(5)6(4)11/h4-5,8-9H,1-3,7H2. The Morgan fingerprint density at radius 3 is 3.27 bits per heavy atom. The number of carbonyl (C=O) groups is 1. The summed E-state index contributed by atoms with van der Waals surface area (Å²) in [4.78, 5) is 11.3. The van der Waals surface area contributed by atoms with Crippen molar-refractivity contribution >= 4 is 5.91 Å². The number of amides is 1. The SMILES string of the molecule is NC1CNC2CCNN2C1=O. The van der Waals surface area contributed by atoms with E-state index >= 15 is 0 Å². The van der Waals surface area contributed by atoms with E-state index in [2.05, 4.69) is 10.7 Å². The van der Waals surface area contributed by atoms with Crippen LogP contribution >= 0.6 is 0 Å². The summed E-state index contributed by atoms with van der Waals surface area (Å²) in [6.45, 7) is 1.46. The molecule has 1 amide bonds. The highest BCUT2D eigenvalue weighted by Crippen LogP contribution is 2.10. The van der Waals surface area contributed by atoms with Gasteiger partial charge in [0.1, 0.15) is 0 Å². The quantitative estimate of drug-likeness (QED) is 0.378. The Kier molecular flexibility index (Phi) is 1.56. The van der Waals surface area contributed by atoms with Crippen LogP contribution in [0.1, 0.15) is 6.42 Å². The minimum atomic E-state index is -0.378. The largest absolute Gasteiger partial charge is 0.319 e. The van der Waals surface area contributed by atoms with E-state index in [1.165, 1.54) is 0 Å². The van der Waals surface area contributed by atoms with Crippen LogP contribution in [0.3, 0.4) is 0 Å². The Morgan fingerprint density at radius 1 is 1.64 bits per heavy atom. The first-order valence-electron chi connectivity index (χ1n) is 3.84. The van der Waals surface area contributed by atoms with Gasteiger partial charge in [-0.1, -0.05) is 0 Å². The van der Waals surface area contributed by atoms with Crippen molar-refractivity contribution in [1.82, 2.24) is 15.8 Å². The van der Waals surface area contributed by atoms with E-state index in [0.717, 1.165) is 13.0 Å². The number of hydrogen-bond donors (Lipinski definition) is 3. The second-order valence-electron chi connectivity index (χ2n) is 2.94. The number of hydrazine groups is 1. The summed E-state index contributed by atoms with van der Waals surface area (Å²) in [6, 6.07) is -0.378. The first-order valence-corrected chi connectivity index (χ1v) is 3.84. The van der Waals surface area contributed by atoms with Gasteiger partial charge in [-0.2, -0.15) is 0 Å². The van der Waals surface area contributed by atoms with Crippen LogP contribution in [-0.2, 0) is 4.79 Å². The Bertz CT molecular complexity index is 183. The number of hydrogen-bond acceptors (Lipinski definition) is 4. The summed E-state index contributed by atoms with van der Waals surface area (Å²) in [5.41, 5.74) is 8.52. The fraction of sp³-hybridized carbons (Fsp3) is 0.833. The van der Waals surface area contributed by atoms with Crippen molar-refractivity contribution in [2.75, 3.05) is 13.1 Å². The van der Waals surface area contributed by atoms with Gasteiger partial charge in [-0.25, -0.2) is 5.43 Å². The molecule has 2 unspecified atom stereocenters. The lowest BCUT2D eigenvalue weighted by molar-refractivity contribution is -0.139. The van der Waals surface area contributed by atoms with Crippen molar-refractivity contribution in [2.45, 2.75) is 18.6 Å². The molecule has 2 rings (SSSR count). The summed E-state index contributed by atoms with van der Waals surface area (Å²) < 4.78 is 0. The summed E-state index contributed by atoms with van der Waals surface area (Å²) >= 11 is 0. The number of nitrogens with one attached hydrogen (secondary N) is 2. The van der Waals surface area contributed by atoms with Gasteiger partial charge in [-0.15, -0.1) is 0 Å². The zero-order valence-corrected chi connectivity index (χ0v) is 6.21. The molecule has 2 fully saturated rings. The highest BCUT2D eigenvalue weighted by Gasteiger charge is 2.35. The molecule has 2 saturated heterocycles. The fourth-order valence-corrected chi connectivity index (χ4v) is 1.51. The summed E-state index contributed by atoms with van der Waals surface area (Å²) in [6.07, 6.45) is 1.14. The lowest BCUT2D eigenvalue weighted by Crippen LogP contribution is -2.63. The van der Waals surface area contributed by atoms with Crippen molar-refractivity contribution in [2.24, 2.45) is 5.73 Å². The maximum atomic E-state index is 11.3. The maximum Gasteiger partial charge on any atom is 0.256 e. The van der Waals surface area contributed by atoms with E-state index in [9.17, 15) is 4.79 Å². The fourth-order valence-electron chi connectivity index (χ4n) is 1.51. The van der Waals surface area contributed by atoms with Crippen molar-refractivity contribution < 1.29 is 4.79 Å². The molecule has 5 nitrogen and oxygen atoms in total. The van der Waals surface area contributed by atoms with Crippen LogP contribution < -0.4 is 16.5 Å². The van der Waals surface area contributed by atoms with E-state index in [4.69, 9.17) is 5.73 Å². The Hall–Kier alpha value is -0.650. The van der Waals surface area contributed by atoms with Crippen molar-refractivity contribution in [3.8, 4) is 0 Å². The summed E-state index contributed by atoms with van der Waals surface area (Å²) in [5, 5.41) is 4.78. The second-order valence-corrected chi connectivity index (χ2v) is 2.94. The Labute approximate surface area is 64.9 Å². The van der Waals surface area contributed by atoms with Crippen LogP contribution in [0.5, 0.6) is 0 Å². The normalized spacial score (nSPS) is 37.5. The number of carbonyl (C=O) groups excluding carboxylic acids is 1. The van der Waals surface area contributed by atoms with Crippen LogP contribution in [0, 0.1) is 0 Å². The third-order valence-corrected chi connectivity index (χ3v) is 2.14. The lowest BCUT2D eigenvalue weighted by atomic mass is 10.2. The molecule has 0 aromatic carbocycles. The third kappa shape index (κ3) is 1.01. The third-order valence-electron chi connectivity index (χ3n) is 2.14. The molecule has 0 aliphatic carbocycles. The van der Waals surface area contributed by atoms with Crippen LogP contribution in [0.15, 0.2) is 0 Å². The molecule has 0 radical (unpaired) electrons. The monoisotopic (exact) mass is 156 g/mol. The van der Waals surface area contributed by atoms with Gasteiger partial charge in [0.05, 0.1) is 12.2 Å². The summed E-state index contributed by atoms with van der Waals surface area (Å²) in [5.74, 6) is 0.00579. The summed E-state index contributed by atoms with van der Waals surface area (Å²) in [7, 11) is 0. The van der Waals surface area contributed by atoms with E-state index in [0.29, 0.717) is 6.54 Å². The average molecular weight is 156 g/mol. The van der Waals surface area contributed by atoms with E-state index in [1.54, 1.807) is 5.01 Å². The van der Waals surface area contributed by atoms with Crippen molar-refractivity contribution in [1.29, 1.82) is 0 Å². The van der Waals surface area contributed by atoms with Gasteiger partial charge >= 0.3 is 0 Å². The number of fused-ring (bicyclic) bond motifs is 1. The molecule has 2 atom stereocenters. The van der Waals surface area contributed by atoms with Crippen LogP contribution in [0.2, 0.25) is 0 Å². The van der Waals surface area contributed by atoms with Crippen molar-refractivity contribution in [3.05, 3.63) is 0 Å². The first kappa shape index (κ1) is 7.02. The Balaban J connectivity index is 2.12. The number of rotatable bonds is 0. The minimum Gasteiger partial charge on any atom is -0.319 e. The molecular weight excluding hydrogens is 144 g/mol. The molecular formula is C6H12N4O. The molecule has 2 aliphatic rings. The molecule has 0 spiro atoms. The minimum absolute atomic E-state index is 0.00579. The topological polar surface area (TPSA) is 70.4 Å². The van der Waals surface area contributed by atoms with Gasteiger partial charge in [0.25, 0.3) is 5.91 Å². The molecule has 62 valence electrons. The molecule has 2 aliphatic heterocycles. The number of nitrogens with two attached hydrogens (primary N) is 1. The molecule has 2 heterocycles. The van der Waals surface area contributed by atoms with Gasteiger partial charge in [-0.05, 0) is 6.42 Å².